The standard InChI is InChI=1S/C9H19N3O3/c1-9(2,3)15-8(14)12-5-6(11-4)7(10)13/h6,11H,5H2,1-4H3,(H2,10,13)(H,12,14). The van der Waals surface area contributed by atoms with Crippen LogP contribution in [0.2, 0.25) is 0 Å². The van der Waals surface area contributed by atoms with Crippen molar-refractivity contribution in [2.75, 3.05) is 13.6 Å². The molecule has 2 amide bonds. The highest BCUT2D eigenvalue weighted by atomic mass is 16.6. The van der Waals surface area contributed by atoms with E-state index < -0.39 is 23.6 Å². The van der Waals surface area contributed by atoms with E-state index in [0.717, 1.165) is 0 Å². The molecular formula is C9H19N3O3. The predicted octanol–water partition coefficient (Wildman–Crippen LogP) is -0.416. The van der Waals surface area contributed by atoms with E-state index in [-0.39, 0.29) is 6.54 Å². The highest BCUT2D eigenvalue weighted by Gasteiger charge is 2.18. The molecule has 0 saturated carbocycles. The lowest BCUT2D eigenvalue weighted by Crippen LogP contribution is -2.48. The van der Waals surface area contributed by atoms with Crippen LogP contribution in [0, 0.1) is 0 Å². The zero-order valence-corrected chi connectivity index (χ0v) is 9.59. The number of hydrogen-bond donors (Lipinski definition) is 3. The smallest absolute Gasteiger partial charge is 0.407 e. The molecule has 6 heteroatoms. The first-order valence-electron chi connectivity index (χ1n) is 4.69. The fraction of sp³-hybridized carbons (Fsp3) is 0.778. The summed E-state index contributed by atoms with van der Waals surface area (Å²) in [5, 5.41) is 5.12. The van der Waals surface area contributed by atoms with Crippen molar-refractivity contribution < 1.29 is 14.3 Å². The SMILES string of the molecule is CNC(CNC(=O)OC(C)(C)C)C(N)=O. The Labute approximate surface area is 89.5 Å². The lowest BCUT2D eigenvalue weighted by Gasteiger charge is -2.20. The Bertz CT molecular complexity index is 235. The Morgan fingerprint density at radius 2 is 1.93 bits per heavy atom. The summed E-state index contributed by atoms with van der Waals surface area (Å²) in [6, 6.07) is -0.586. The van der Waals surface area contributed by atoms with Crippen molar-refractivity contribution in [3.8, 4) is 0 Å². The minimum atomic E-state index is -0.586. The van der Waals surface area contributed by atoms with E-state index in [0.29, 0.717) is 0 Å². The third-order valence-electron chi connectivity index (χ3n) is 1.54. The first-order chi connectivity index (χ1) is 6.76. The Morgan fingerprint density at radius 1 is 1.40 bits per heavy atom. The second kappa shape index (κ2) is 5.55. The van der Waals surface area contributed by atoms with E-state index in [1.807, 2.05) is 0 Å². The largest absolute Gasteiger partial charge is 0.444 e. The third kappa shape index (κ3) is 6.73. The number of alkyl carbamates (subject to hydrolysis) is 1. The lowest BCUT2D eigenvalue weighted by molar-refractivity contribution is -0.119. The fourth-order valence-electron chi connectivity index (χ4n) is 0.844. The maximum atomic E-state index is 11.2. The third-order valence-corrected chi connectivity index (χ3v) is 1.54. The van der Waals surface area contributed by atoms with Gasteiger partial charge in [-0.25, -0.2) is 4.79 Å². The molecule has 0 heterocycles. The van der Waals surface area contributed by atoms with Gasteiger partial charge in [0.2, 0.25) is 5.91 Å². The number of likely N-dealkylation sites (N-methyl/N-ethyl adjacent to an activating group) is 1. The predicted molar refractivity (Wildman–Crippen MR) is 56.3 cm³/mol. The Balaban J connectivity index is 3.94. The van der Waals surface area contributed by atoms with Crippen LogP contribution in [0.15, 0.2) is 0 Å². The van der Waals surface area contributed by atoms with Crippen molar-refractivity contribution in [3.63, 3.8) is 0 Å². The molecule has 6 nitrogen and oxygen atoms in total. The van der Waals surface area contributed by atoms with Crippen molar-refractivity contribution in [3.05, 3.63) is 0 Å². The van der Waals surface area contributed by atoms with Gasteiger partial charge in [0.1, 0.15) is 11.6 Å². The maximum Gasteiger partial charge on any atom is 0.407 e. The van der Waals surface area contributed by atoms with Crippen LogP contribution in [0.25, 0.3) is 0 Å². The van der Waals surface area contributed by atoms with Gasteiger partial charge in [-0.3, -0.25) is 4.79 Å². The number of hydrogen-bond acceptors (Lipinski definition) is 4. The summed E-state index contributed by atoms with van der Waals surface area (Å²) < 4.78 is 4.98. The number of nitrogens with one attached hydrogen (secondary N) is 2. The fourth-order valence-corrected chi connectivity index (χ4v) is 0.844. The molecule has 0 radical (unpaired) electrons. The molecule has 0 fully saturated rings. The lowest BCUT2D eigenvalue weighted by atomic mass is 10.2. The van der Waals surface area contributed by atoms with Gasteiger partial charge in [-0.2, -0.15) is 0 Å². The summed E-state index contributed by atoms with van der Waals surface area (Å²) in [5.41, 5.74) is 4.52. The van der Waals surface area contributed by atoms with E-state index in [9.17, 15) is 9.59 Å². The molecule has 0 aromatic heterocycles. The Kier molecular flexibility index (Phi) is 5.07. The number of carbonyl (C=O) groups is 2. The number of amides is 2. The number of nitrogens with two attached hydrogens (primary N) is 1. The summed E-state index contributed by atoms with van der Waals surface area (Å²) >= 11 is 0. The summed E-state index contributed by atoms with van der Waals surface area (Å²) in [6.45, 7) is 5.39. The molecule has 1 unspecified atom stereocenters. The average Bonchev–Trinajstić information content (AvgIpc) is 2.01. The van der Waals surface area contributed by atoms with E-state index in [4.69, 9.17) is 10.5 Å². The van der Waals surface area contributed by atoms with Crippen molar-refractivity contribution >= 4 is 12.0 Å². The van der Waals surface area contributed by atoms with Crippen LogP contribution in [0.1, 0.15) is 20.8 Å². The quantitative estimate of drug-likeness (QED) is 0.596. The van der Waals surface area contributed by atoms with Gasteiger partial charge >= 0.3 is 6.09 Å². The van der Waals surface area contributed by atoms with Crippen molar-refractivity contribution in [2.24, 2.45) is 5.73 Å². The number of primary amides is 1. The normalized spacial score (nSPS) is 13.1. The molecule has 0 aliphatic carbocycles. The summed E-state index contributed by atoms with van der Waals surface area (Å²) in [6.07, 6.45) is -0.566. The topological polar surface area (TPSA) is 93.4 Å². The molecule has 0 rings (SSSR count). The van der Waals surface area contributed by atoms with Crippen molar-refractivity contribution in [1.29, 1.82) is 0 Å². The van der Waals surface area contributed by atoms with Crippen molar-refractivity contribution in [2.45, 2.75) is 32.4 Å². The second-order valence-corrected chi connectivity index (χ2v) is 4.13. The molecule has 0 aromatic carbocycles. The first-order valence-corrected chi connectivity index (χ1v) is 4.69. The van der Waals surface area contributed by atoms with Crippen LogP contribution in [-0.2, 0) is 9.53 Å². The summed E-state index contributed by atoms with van der Waals surface area (Å²) in [4.78, 5) is 22.0. The molecule has 0 aliphatic heterocycles. The maximum absolute atomic E-state index is 11.2. The van der Waals surface area contributed by atoms with Gasteiger partial charge in [0.15, 0.2) is 0 Å². The Morgan fingerprint density at radius 3 is 2.27 bits per heavy atom. The molecule has 1 atom stereocenters. The Hall–Kier alpha value is -1.30. The summed E-state index contributed by atoms with van der Waals surface area (Å²) in [5.74, 6) is -0.520. The molecule has 88 valence electrons. The number of ether oxygens (including phenoxy) is 1. The van der Waals surface area contributed by atoms with Crippen LogP contribution in [0.4, 0.5) is 4.79 Å². The summed E-state index contributed by atoms with van der Waals surface area (Å²) in [7, 11) is 1.59. The van der Waals surface area contributed by atoms with Gasteiger partial charge < -0.3 is 21.1 Å². The molecule has 0 aliphatic rings. The highest BCUT2D eigenvalue weighted by Crippen LogP contribution is 2.06. The number of carbonyl (C=O) groups excluding carboxylic acids is 2. The van der Waals surface area contributed by atoms with E-state index in [1.165, 1.54) is 0 Å². The van der Waals surface area contributed by atoms with Crippen LogP contribution in [0.5, 0.6) is 0 Å². The highest BCUT2D eigenvalue weighted by molar-refractivity contribution is 5.80. The van der Waals surface area contributed by atoms with Gasteiger partial charge in [0.25, 0.3) is 0 Å². The van der Waals surface area contributed by atoms with E-state index in [2.05, 4.69) is 10.6 Å². The molecule has 0 spiro atoms. The van der Waals surface area contributed by atoms with Gasteiger partial charge in [-0.1, -0.05) is 0 Å². The van der Waals surface area contributed by atoms with Crippen LogP contribution >= 0.6 is 0 Å². The van der Waals surface area contributed by atoms with Crippen LogP contribution in [0.3, 0.4) is 0 Å². The number of rotatable bonds is 4. The minimum Gasteiger partial charge on any atom is -0.444 e. The van der Waals surface area contributed by atoms with Crippen LogP contribution < -0.4 is 16.4 Å². The molecule has 0 aromatic rings. The van der Waals surface area contributed by atoms with E-state index >= 15 is 0 Å². The van der Waals surface area contributed by atoms with Crippen LogP contribution in [-0.4, -0.2) is 37.2 Å². The monoisotopic (exact) mass is 217 g/mol. The minimum absolute atomic E-state index is 0.112. The molecule has 0 bridgehead atoms. The van der Waals surface area contributed by atoms with E-state index in [1.54, 1.807) is 27.8 Å². The van der Waals surface area contributed by atoms with Gasteiger partial charge in [0.05, 0.1) is 0 Å². The second-order valence-electron chi connectivity index (χ2n) is 4.13. The zero-order valence-electron chi connectivity index (χ0n) is 9.59. The molecular weight excluding hydrogens is 198 g/mol. The average molecular weight is 217 g/mol. The van der Waals surface area contributed by atoms with Gasteiger partial charge in [0, 0.05) is 6.54 Å². The van der Waals surface area contributed by atoms with Gasteiger partial charge in [-0.05, 0) is 27.8 Å². The molecule has 0 saturated heterocycles. The first kappa shape index (κ1) is 13.7. The molecule has 4 N–H and O–H groups in total. The molecule has 15 heavy (non-hydrogen) atoms. The van der Waals surface area contributed by atoms with Crippen molar-refractivity contribution in [1.82, 2.24) is 10.6 Å². The zero-order chi connectivity index (χ0) is 12.1. The van der Waals surface area contributed by atoms with Gasteiger partial charge in [-0.15, -0.1) is 0 Å².